The average molecular weight is 289 g/mol. The lowest BCUT2D eigenvalue weighted by Gasteiger charge is -2.32. The quantitative estimate of drug-likeness (QED) is 0.787. The number of aliphatic carboxylic acids is 1. The van der Waals surface area contributed by atoms with E-state index >= 15 is 0 Å². The number of carbonyl (C=O) groups excluding carboxylic acids is 1. The second kappa shape index (κ2) is 4.84. The van der Waals surface area contributed by atoms with Crippen LogP contribution >= 0.6 is 11.8 Å². The Morgan fingerprint density at radius 2 is 2.10 bits per heavy atom. The van der Waals surface area contributed by atoms with Crippen LogP contribution in [0.25, 0.3) is 0 Å². The second-order valence-corrected chi connectivity index (χ2v) is 6.72. The van der Waals surface area contributed by atoms with Gasteiger partial charge in [0.15, 0.2) is 0 Å². The highest BCUT2D eigenvalue weighted by Gasteiger charge is 2.51. The van der Waals surface area contributed by atoms with Crippen LogP contribution in [-0.2, 0) is 15.0 Å². The molecule has 0 unspecified atom stereocenters. The number of fused-ring (bicyclic) bond motifs is 2. The third-order valence-electron chi connectivity index (χ3n) is 4.25. The van der Waals surface area contributed by atoms with Crippen LogP contribution in [0.4, 0.5) is 5.69 Å². The molecule has 0 saturated carbocycles. The summed E-state index contributed by atoms with van der Waals surface area (Å²) in [7, 11) is 2.01. The zero-order valence-electron chi connectivity index (χ0n) is 11.4. The number of carboxylic acid groups (broad SMARTS) is 1. The number of rotatable bonds is 2. The molecule has 6 heteroatoms. The van der Waals surface area contributed by atoms with Crippen molar-refractivity contribution in [1.29, 1.82) is 0 Å². The van der Waals surface area contributed by atoms with Crippen LogP contribution in [0, 0.1) is 0 Å². The Morgan fingerprint density at radius 3 is 2.75 bits per heavy atom. The van der Waals surface area contributed by atoms with Gasteiger partial charge < -0.3 is 10.0 Å². The molecule has 20 heavy (non-hydrogen) atoms. The van der Waals surface area contributed by atoms with E-state index in [0.29, 0.717) is 0 Å². The van der Waals surface area contributed by atoms with E-state index in [1.54, 1.807) is 0 Å². The molecule has 0 radical (unpaired) electrons. The maximum atomic E-state index is 12.8. The minimum absolute atomic E-state index is 0.0270. The van der Waals surface area contributed by atoms with E-state index < -0.39 is 11.4 Å². The summed E-state index contributed by atoms with van der Waals surface area (Å²) in [6.45, 7) is -0.246. The van der Waals surface area contributed by atoms with Crippen molar-refractivity contribution in [2.45, 2.75) is 18.3 Å². The van der Waals surface area contributed by atoms with Crippen LogP contribution < -0.4 is 10.4 Å². The molecular formula is C14H16BNO3S. The largest absolute Gasteiger partial charge is 0.480 e. The highest BCUT2D eigenvalue weighted by molar-refractivity contribution is 7.99. The third-order valence-corrected chi connectivity index (χ3v) is 5.24. The van der Waals surface area contributed by atoms with Gasteiger partial charge in [0.25, 0.3) is 0 Å². The first-order valence-electron chi connectivity index (χ1n) is 6.77. The molecule has 0 aromatic heterocycles. The summed E-state index contributed by atoms with van der Waals surface area (Å²) in [5.74, 6) is 0.924. The summed E-state index contributed by atoms with van der Waals surface area (Å²) in [6.07, 6.45) is 1.62. The van der Waals surface area contributed by atoms with Gasteiger partial charge in [0, 0.05) is 5.69 Å². The number of carboxylic acids is 1. The molecule has 1 N–H and O–H groups in total. The normalized spacial score (nSPS) is 20.2. The lowest BCUT2D eigenvalue weighted by Crippen LogP contribution is -2.44. The van der Waals surface area contributed by atoms with E-state index in [9.17, 15) is 9.59 Å². The van der Waals surface area contributed by atoms with E-state index in [1.165, 1.54) is 4.90 Å². The van der Waals surface area contributed by atoms with Crippen LogP contribution in [0.15, 0.2) is 18.2 Å². The van der Waals surface area contributed by atoms with Crippen molar-refractivity contribution >= 4 is 42.6 Å². The first-order valence-corrected chi connectivity index (χ1v) is 7.93. The van der Waals surface area contributed by atoms with Crippen molar-refractivity contribution < 1.29 is 14.7 Å². The summed E-state index contributed by atoms with van der Waals surface area (Å²) >= 11 is 1.86. The minimum atomic E-state index is -0.966. The summed E-state index contributed by atoms with van der Waals surface area (Å²) in [5, 5.41) is 9.06. The molecule has 2 aliphatic heterocycles. The molecule has 104 valence electrons. The van der Waals surface area contributed by atoms with E-state index in [2.05, 4.69) is 6.07 Å². The molecule has 0 atom stereocenters. The van der Waals surface area contributed by atoms with Crippen molar-refractivity contribution in [3.8, 4) is 0 Å². The van der Waals surface area contributed by atoms with Gasteiger partial charge in [0.2, 0.25) is 5.91 Å². The average Bonchev–Trinajstić information content (AvgIpc) is 2.63. The number of anilines is 1. The molecule has 0 aliphatic carbocycles. The molecule has 1 fully saturated rings. The number of carbonyl (C=O) groups is 2. The predicted molar refractivity (Wildman–Crippen MR) is 82.8 cm³/mol. The van der Waals surface area contributed by atoms with Gasteiger partial charge in [-0.05, 0) is 36.0 Å². The second-order valence-electron chi connectivity index (χ2n) is 5.50. The molecule has 1 spiro atoms. The van der Waals surface area contributed by atoms with E-state index in [0.717, 1.165) is 41.1 Å². The number of benzene rings is 1. The van der Waals surface area contributed by atoms with Crippen molar-refractivity contribution in [2.24, 2.45) is 0 Å². The fourth-order valence-corrected chi connectivity index (χ4v) is 4.44. The zero-order valence-corrected chi connectivity index (χ0v) is 12.2. The van der Waals surface area contributed by atoms with Crippen molar-refractivity contribution in [2.75, 3.05) is 23.0 Å². The van der Waals surface area contributed by atoms with Gasteiger partial charge >= 0.3 is 5.97 Å². The van der Waals surface area contributed by atoms with Crippen molar-refractivity contribution in [3.05, 3.63) is 23.8 Å². The van der Waals surface area contributed by atoms with Crippen LogP contribution in [0.3, 0.4) is 0 Å². The lowest BCUT2D eigenvalue weighted by atomic mass is 9.75. The molecular weight excluding hydrogens is 273 g/mol. The molecule has 1 amide bonds. The molecule has 3 rings (SSSR count). The molecule has 1 aromatic rings. The Labute approximate surface area is 122 Å². The topological polar surface area (TPSA) is 57.6 Å². The summed E-state index contributed by atoms with van der Waals surface area (Å²) < 4.78 is 0. The molecule has 1 aromatic carbocycles. The van der Waals surface area contributed by atoms with E-state index in [1.807, 2.05) is 31.7 Å². The fraction of sp³-hybridized carbons (Fsp3) is 0.429. The number of hydrogen-bond acceptors (Lipinski definition) is 3. The maximum Gasteiger partial charge on any atom is 0.323 e. The van der Waals surface area contributed by atoms with Crippen LogP contribution in [0.2, 0.25) is 0 Å². The van der Waals surface area contributed by atoms with Gasteiger partial charge in [0.1, 0.15) is 14.4 Å². The van der Waals surface area contributed by atoms with Crippen molar-refractivity contribution in [3.63, 3.8) is 0 Å². The maximum absolute atomic E-state index is 12.8. The smallest absolute Gasteiger partial charge is 0.323 e. The Hall–Kier alpha value is -1.43. The van der Waals surface area contributed by atoms with E-state index in [-0.39, 0.29) is 12.5 Å². The monoisotopic (exact) mass is 289 g/mol. The third kappa shape index (κ3) is 1.94. The Morgan fingerprint density at radius 1 is 1.40 bits per heavy atom. The molecule has 2 heterocycles. The number of nitrogens with zero attached hydrogens (tertiary/aromatic N) is 1. The lowest BCUT2D eigenvalue weighted by molar-refractivity contribution is -0.137. The van der Waals surface area contributed by atoms with Gasteiger partial charge in [0.05, 0.1) is 5.41 Å². The molecule has 1 saturated heterocycles. The SMILES string of the molecule is Bc1ccc2c(c1)C1(CCSCC1)C(=O)N2CC(=O)O. The van der Waals surface area contributed by atoms with Crippen LogP contribution in [-0.4, -0.2) is 42.9 Å². The minimum Gasteiger partial charge on any atom is -0.480 e. The summed E-state index contributed by atoms with van der Waals surface area (Å²) in [5.41, 5.74) is 2.45. The first kappa shape index (κ1) is 13.6. The van der Waals surface area contributed by atoms with Gasteiger partial charge in [-0.25, -0.2) is 0 Å². The summed E-state index contributed by atoms with van der Waals surface area (Å²) in [6, 6.07) is 5.89. The van der Waals surface area contributed by atoms with Crippen LogP contribution in [0.1, 0.15) is 18.4 Å². The summed E-state index contributed by atoms with van der Waals surface area (Å²) in [4.78, 5) is 25.3. The highest BCUT2D eigenvalue weighted by Crippen LogP contribution is 2.48. The number of amides is 1. The predicted octanol–water partition coefficient (Wildman–Crippen LogP) is 0.141. The first-order chi connectivity index (χ1) is 9.54. The van der Waals surface area contributed by atoms with Gasteiger partial charge in [-0.3, -0.25) is 9.59 Å². The number of hydrogen-bond donors (Lipinski definition) is 1. The van der Waals surface area contributed by atoms with Gasteiger partial charge in [-0.2, -0.15) is 11.8 Å². The number of thioether (sulfide) groups is 1. The fourth-order valence-electron chi connectivity index (χ4n) is 3.25. The standard InChI is InChI=1S/C14H16BNO3S/c15-9-1-2-11-10(7-9)14(3-5-20-6-4-14)13(19)16(11)8-12(17)18/h1-2,7H,3-6,8,15H2,(H,17,18). The van der Waals surface area contributed by atoms with Crippen LogP contribution in [0.5, 0.6) is 0 Å². The molecule has 4 nitrogen and oxygen atoms in total. The highest BCUT2D eigenvalue weighted by atomic mass is 32.2. The van der Waals surface area contributed by atoms with Crippen molar-refractivity contribution in [1.82, 2.24) is 0 Å². The van der Waals surface area contributed by atoms with Gasteiger partial charge in [-0.15, -0.1) is 0 Å². The Kier molecular flexibility index (Phi) is 3.28. The zero-order chi connectivity index (χ0) is 14.3. The van der Waals surface area contributed by atoms with Gasteiger partial charge in [-0.1, -0.05) is 17.6 Å². The Balaban J connectivity index is 2.12. The molecule has 0 bridgehead atoms. The van der Waals surface area contributed by atoms with E-state index in [4.69, 9.17) is 5.11 Å². The molecule has 2 aliphatic rings. The Bertz CT molecular complexity index is 584.